The molecule has 1 N–H and O–H groups in total. The van der Waals surface area contributed by atoms with E-state index in [4.69, 9.17) is 0 Å². The van der Waals surface area contributed by atoms with E-state index in [0.29, 0.717) is 0 Å². The lowest BCUT2D eigenvalue weighted by Gasteiger charge is -2.21. The third-order valence-electron chi connectivity index (χ3n) is 3.35. The Morgan fingerprint density at radius 3 is 3.00 bits per heavy atom. The van der Waals surface area contributed by atoms with Crippen LogP contribution in [0.15, 0.2) is 11.4 Å². The number of aryl methyl sites for hydroxylation is 1. The molecule has 78 valence electrons. The Balaban J connectivity index is 2.16. The van der Waals surface area contributed by atoms with Crippen molar-refractivity contribution in [3.05, 3.63) is 21.9 Å². The summed E-state index contributed by atoms with van der Waals surface area (Å²) in [6.07, 6.45) is 2.64. The third-order valence-corrected chi connectivity index (χ3v) is 4.50. The molecule has 1 aromatic heterocycles. The summed E-state index contributed by atoms with van der Waals surface area (Å²) in [5, 5.41) is 5.71. The normalized spacial score (nSPS) is 24.0. The second-order valence-electron chi connectivity index (χ2n) is 4.24. The van der Waals surface area contributed by atoms with Crippen molar-refractivity contribution >= 4 is 11.3 Å². The molecule has 0 radical (unpaired) electrons. The monoisotopic (exact) mass is 209 g/mol. The highest BCUT2D eigenvalue weighted by Gasteiger charge is 2.26. The van der Waals surface area contributed by atoms with Gasteiger partial charge in [0.25, 0.3) is 0 Å². The third kappa shape index (κ3) is 1.86. The van der Waals surface area contributed by atoms with Gasteiger partial charge < -0.3 is 5.32 Å². The first-order valence-corrected chi connectivity index (χ1v) is 6.45. The van der Waals surface area contributed by atoms with Crippen molar-refractivity contribution in [1.82, 2.24) is 5.32 Å². The summed E-state index contributed by atoms with van der Waals surface area (Å²) in [6.45, 7) is 7.00. The zero-order valence-electron chi connectivity index (χ0n) is 9.05. The Labute approximate surface area is 90.5 Å². The first kappa shape index (κ1) is 10.2. The summed E-state index contributed by atoms with van der Waals surface area (Å²) in [7, 11) is 0. The molecule has 0 spiro atoms. The molecule has 2 heteroatoms. The zero-order valence-corrected chi connectivity index (χ0v) is 9.86. The molecule has 2 rings (SSSR count). The van der Waals surface area contributed by atoms with Crippen LogP contribution in [0, 0.1) is 12.8 Å². The number of hydrogen-bond acceptors (Lipinski definition) is 2. The van der Waals surface area contributed by atoms with E-state index in [1.165, 1.54) is 31.5 Å². The number of nitrogens with one attached hydrogen (secondary N) is 1. The van der Waals surface area contributed by atoms with E-state index in [1.54, 1.807) is 4.88 Å². The van der Waals surface area contributed by atoms with E-state index in [1.807, 2.05) is 11.3 Å². The number of rotatable bonds is 3. The predicted molar refractivity (Wildman–Crippen MR) is 63.1 cm³/mol. The van der Waals surface area contributed by atoms with Crippen molar-refractivity contribution in [3.8, 4) is 0 Å². The van der Waals surface area contributed by atoms with Crippen molar-refractivity contribution in [2.24, 2.45) is 5.92 Å². The lowest BCUT2D eigenvalue weighted by Crippen LogP contribution is -2.15. The van der Waals surface area contributed by atoms with Crippen LogP contribution in [0.1, 0.15) is 36.1 Å². The van der Waals surface area contributed by atoms with Gasteiger partial charge >= 0.3 is 0 Å². The topological polar surface area (TPSA) is 12.0 Å². The lowest BCUT2D eigenvalue weighted by molar-refractivity contribution is 0.451. The number of hydrogen-bond donors (Lipinski definition) is 1. The zero-order chi connectivity index (χ0) is 9.97. The van der Waals surface area contributed by atoms with Crippen molar-refractivity contribution in [3.63, 3.8) is 0 Å². The van der Waals surface area contributed by atoms with Crippen LogP contribution in [0.5, 0.6) is 0 Å². The molecule has 1 aliphatic rings. The Morgan fingerprint density at radius 2 is 2.50 bits per heavy atom. The maximum absolute atomic E-state index is 3.47. The molecular formula is C12H19NS. The fraction of sp³-hybridized carbons (Fsp3) is 0.667. The number of thiophene rings is 1. The highest BCUT2D eigenvalue weighted by molar-refractivity contribution is 7.10. The van der Waals surface area contributed by atoms with Gasteiger partial charge in [0.15, 0.2) is 0 Å². The summed E-state index contributed by atoms with van der Waals surface area (Å²) in [5.41, 5.74) is 1.49. The maximum Gasteiger partial charge on any atom is 0.0108 e. The van der Waals surface area contributed by atoms with Gasteiger partial charge in [0.2, 0.25) is 0 Å². The van der Waals surface area contributed by atoms with Crippen molar-refractivity contribution in [2.45, 2.75) is 32.6 Å². The van der Waals surface area contributed by atoms with Crippen LogP contribution in [0.25, 0.3) is 0 Å². The molecule has 0 amide bonds. The minimum atomic E-state index is 0.796. The molecule has 1 aliphatic heterocycles. The average molecular weight is 209 g/mol. The Morgan fingerprint density at radius 1 is 1.64 bits per heavy atom. The quantitative estimate of drug-likeness (QED) is 0.806. The first-order valence-electron chi connectivity index (χ1n) is 5.57. The molecule has 2 unspecified atom stereocenters. The van der Waals surface area contributed by atoms with Gasteiger partial charge in [-0.2, -0.15) is 0 Å². The minimum absolute atomic E-state index is 0.796. The van der Waals surface area contributed by atoms with Gasteiger partial charge in [-0.1, -0.05) is 6.92 Å². The van der Waals surface area contributed by atoms with E-state index in [9.17, 15) is 0 Å². The predicted octanol–water partition coefficient (Wildman–Crippen LogP) is 3.16. The lowest BCUT2D eigenvalue weighted by atomic mass is 9.87. The van der Waals surface area contributed by atoms with Crippen molar-refractivity contribution in [2.75, 3.05) is 13.1 Å². The fourth-order valence-corrected chi connectivity index (χ4v) is 3.72. The van der Waals surface area contributed by atoms with Crippen LogP contribution in [-0.2, 0) is 0 Å². The molecule has 1 aromatic rings. The van der Waals surface area contributed by atoms with Crippen molar-refractivity contribution < 1.29 is 0 Å². The Hall–Kier alpha value is -0.340. The van der Waals surface area contributed by atoms with Gasteiger partial charge in [0, 0.05) is 4.88 Å². The Kier molecular flexibility index (Phi) is 3.24. The molecule has 2 heterocycles. The van der Waals surface area contributed by atoms with Gasteiger partial charge in [-0.15, -0.1) is 11.3 Å². The highest BCUT2D eigenvalue weighted by Crippen LogP contribution is 2.36. The van der Waals surface area contributed by atoms with Crippen LogP contribution in [0.4, 0.5) is 0 Å². The minimum Gasteiger partial charge on any atom is -0.316 e. The van der Waals surface area contributed by atoms with Gasteiger partial charge in [0.1, 0.15) is 0 Å². The van der Waals surface area contributed by atoms with E-state index in [2.05, 4.69) is 30.6 Å². The van der Waals surface area contributed by atoms with E-state index in [0.717, 1.165) is 11.8 Å². The molecule has 2 atom stereocenters. The highest BCUT2D eigenvalue weighted by atomic mass is 32.1. The van der Waals surface area contributed by atoms with Gasteiger partial charge in [-0.05, 0) is 61.7 Å². The second-order valence-corrected chi connectivity index (χ2v) is 5.18. The van der Waals surface area contributed by atoms with Crippen LogP contribution in [-0.4, -0.2) is 13.1 Å². The summed E-state index contributed by atoms with van der Waals surface area (Å²) in [6, 6.07) is 2.26. The molecule has 1 saturated heterocycles. The van der Waals surface area contributed by atoms with E-state index in [-0.39, 0.29) is 0 Å². The van der Waals surface area contributed by atoms with E-state index >= 15 is 0 Å². The molecule has 0 aromatic carbocycles. The molecular weight excluding hydrogens is 190 g/mol. The standard InChI is InChI=1S/C12H19NS/c1-3-11(10-4-6-13-8-10)12-9(2)5-7-14-12/h5,7,10-11,13H,3-4,6,8H2,1-2H3. The smallest absolute Gasteiger partial charge is 0.0108 e. The molecule has 0 bridgehead atoms. The SMILES string of the molecule is CCC(c1sccc1C)C1CCNC1. The summed E-state index contributed by atoms with van der Waals surface area (Å²) in [5.74, 6) is 1.67. The molecule has 0 aliphatic carbocycles. The molecule has 1 fully saturated rings. The second kappa shape index (κ2) is 4.45. The summed E-state index contributed by atoms with van der Waals surface area (Å²) in [4.78, 5) is 1.63. The van der Waals surface area contributed by atoms with Gasteiger partial charge in [-0.25, -0.2) is 0 Å². The summed E-state index contributed by atoms with van der Waals surface area (Å²) < 4.78 is 0. The molecule has 14 heavy (non-hydrogen) atoms. The Bertz CT molecular complexity index is 286. The first-order chi connectivity index (χ1) is 6.83. The average Bonchev–Trinajstić information content (AvgIpc) is 2.80. The van der Waals surface area contributed by atoms with Crippen LogP contribution < -0.4 is 5.32 Å². The van der Waals surface area contributed by atoms with Crippen LogP contribution >= 0.6 is 11.3 Å². The molecule has 1 nitrogen and oxygen atoms in total. The van der Waals surface area contributed by atoms with E-state index < -0.39 is 0 Å². The van der Waals surface area contributed by atoms with Crippen LogP contribution in [0.2, 0.25) is 0 Å². The van der Waals surface area contributed by atoms with Gasteiger partial charge in [-0.3, -0.25) is 0 Å². The van der Waals surface area contributed by atoms with Gasteiger partial charge in [0.05, 0.1) is 0 Å². The molecule has 0 saturated carbocycles. The maximum atomic E-state index is 3.47. The summed E-state index contributed by atoms with van der Waals surface area (Å²) >= 11 is 1.94. The van der Waals surface area contributed by atoms with Crippen molar-refractivity contribution in [1.29, 1.82) is 0 Å². The fourth-order valence-electron chi connectivity index (χ4n) is 2.52. The van der Waals surface area contributed by atoms with Crippen LogP contribution in [0.3, 0.4) is 0 Å². The largest absolute Gasteiger partial charge is 0.316 e.